The van der Waals surface area contributed by atoms with Crippen LogP contribution in [0.15, 0.2) is 11.4 Å². The third-order valence-corrected chi connectivity index (χ3v) is 4.16. The molecule has 1 N–H and O–H groups in total. The van der Waals surface area contributed by atoms with E-state index < -0.39 is 0 Å². The molecule has 4 heteroatoms. The zero-order valence-electron chi connectivity index (χ0n) is 10.1. The minimum atomic E-state index is 0.601. The molecule has 1 saturated carbocycles. The number of nitrogens with one attached hydrogen (secondary N) is 1. The lowest BCUT2D eigenvalue weighted by Gasteiger charge is -2.24. The molecule has 0 spiro atoms. The molecule has 1 fully saturated rings. The van der Waals surface area contributed by atoms with Gasteiger partial charge in [0.25, 0.3) is 0 Å². The number of thiophene rings is 1. The van der Waals surface area contributed by atoms with E-state index in [2.05, 4.69) is 23.7 Å². The molecule has 0 bridgehead atoms. The molecule has 0 atom stereocenters. The standard InChI is InChI=1S/C13H17N3S/c1-2-7-14-12-10-6-8-17-13(10)16-11(15-12)9-4-3-5-9/h6,8-9H,2-5,7H2,1H3,(H,14,15,16). The zero-order valence-corrected chi connectivity index (χ0v) is 10.9. The molecule has 0 unspecified atom stereocenters. The normalized spacial score (nSPS) is 16.1. The van der Waals surface area contributed by atoms with Crippen molar-refractivity contribution in [1.82, 2.24) is 9.97 Å². The molecule has 3 rings (SSSR count). The van der Waals surface area contributed by atoms with Crippen LogP contribution in [0.3, 0.4) is 0 Å². The monoisotopic (exact) mass is 247 g/mol. The number of anilines is 1. The summed E-state index contributed by atoms with van der Waals surface area (Å²) in [6, 6.07) is 2.11. The summed E-state index contributed by atoms with van der Waals surface area (Å²) < 4.78 is 0. The van der Waals surface area contributed by atoms with E-state index in [-0.39, 0.29) is 0 Å². The van der Waals surface area contributed by atoms with E-state index in [0.29, 0.717) is 5.92 Å². The minimum absolute atomic E-state index is 0.601. The van der Waals surface area contributed by atoms with Crippen LogP contribution in [-0.4, -0.2) is 16.5 Å². The van der Waals surface area contributed by atoms with Gasteiger partial charge < -0.3 is 5.32 Å². The third kappa shape index (κ3) is 2.02. The number of fused-ring (bicyclic) bond motifs is 1. The number of hydrogen-bond acceptors (Lipinski definition) is 4. The summed E-state index contributed by atoms with van der Waals surface area (Å²) in [4.78, 5) is 10.5. The molecule has 90 valence electrons. The summed E-state index contributed by atoms with van der Waals surface area (Å²) in [5, 5.41) is 6.69. The van der Waals surface area contributed by atoms with E-state index in [9.17, 15) is 0 Å². The highest BCUT2D eigenvalue weighted by atomic mass is 32.1. The molecule has 0 aromatic carbocycles. The Hall–Kier alpha value is -1.16. The van der Waals surface area contributed by atoms with Gasteiger partial charge in [0, 0.05) is 12.5 Å². The van der Waals surface area contributed by atoms with Gasteiger partial charge in [-0.3, -0.25) is 0 Å². The van der Waals surface area contributed by atoms with Crippen LogP contribution in [0.2, 0.25) is 0 Å². The average molecular weight is 247 g/mol. The van der Waals surface area contributed by atoms with E-state index in [4.69, 9.17) is 9.97 Å². The summed E-state index contributed by atoms with van der Waals surface area (Å²) in [6.07, 6.45) is 4.96. The Morgan fingerprint density at radius 1 is 1.41 bits per heavy atom. The number of rotatable bonds is 4. The first-order valence-corrected chi connectivity index (χ1v) is 7.25. The van der Waals surface area contributed by atoms with E-state index in [1.807, 2.05) is 0 Å². The average Bonchev–Trinajstić information content (AvgIpc) is 2.71. The molecule has 17 heavy (non-hydrogen) atoms. The Morgan fingerprint density at radius 2 is 2.29 bits per heavy atom. The molecule has 2 aromatic rings. The maximum absolute atomic E-state index is 4.72. The van der Waals surface area contributed by atoms with Gasteiger partial charge >= 0.3 is 0 Å². The maximum Gasteiger partial charge on any atom is 0.138 e. The predicted octanol–water partition coefficient (Wildman–Crippen LogP) is 3.78. The Bertz CT molecular complexity index is 516. The van der Waals surface area contributed by atoms with E-state index >= 15 is 0 Å². The summed E-state index contributed by atoms with van der Waals surface area (Å²) >= 11 is 1.71. The molecule has 1 aliphatic carbocycles. The molecule has 2 aromatic heterocycles. The van der Waals surface area contributed by atoms with Crippen molar-refractivity contribution in [1.29, 1.82) is 0 Å². The van der Waals surface area contributed by atoms with Crippen LogP contribution in [-0.2, 0) is 0 Å². The van der Waals surface area contributed by atoms with E-state index in [0.717, 1.165) is 29.4 Å². The zero-order chi connectivity index (χ0) is 11.7. The molecule has 2 heterocycles. The fraction of sp³-hybridized carbons (Fsp3) is 0.538. The van der Waals surface area contributed by atoms with Crippen LogP contribution in [0.4, 0.5) is 5.82 Å². The van der Waals surface area contributed by atoms with Crippen molar-refractivity contribution in [2.24, 2.45) is 0 Å². The van der Waals surface area contributed by atoms with Gasteiger partial charge in [-0.25, -0.2) is 9.97 Å². The molecule has 1 aliphatic rings. The second-order valence-electron chi connectivity index (χ2n) is 4.62. The lowest BCUT2D eigenvalue weighted by Crippen LogP contribution is -2.14. The molecular formula is C13H17N3S. The van der Waals surface area contributed by atoms with Crippen LogP contribution in [0.5, 0.6) is 0 Å². The molecular weight excluding hydrogens is 230 g/mol. The largest absolute Gasteiger partial charge is 0.369 e. The van der Waals surface area contributed by atoms with Crippen LogP contribution in [0, 0.1) is 0 Å². The Labute approximate surface area is 105 Å². The van der Waals surface area contributed by atoms with Crippen molar-refractivity contribution in [2.45, 2.75) is 38.5 Å². The summed E-state index contributed by atoms with van der Waals surface area (Å²) in [5.41, 5.74) is 0. The molecule has 0 radical (unpaired) electrons. The lowest BCUT2D eigenvalue weighted by molar-refractivity contribution is 0.403. The Balaban J connectivity index is 2.00. The number of aromatic nitrogens is 2. The van der Waals surface area contributed by atoms with Crippen LogP contribution in [0.1, 0.15) is 44.3 Å². The molecule has 0 saturated heterocycles. The third-order valence-electron chi connectivity index (χ3n) is 3.36. The van der Waals surface area contributed by atoms with Gasteiger partial charge in [-0.2, -0.15) is 0 Å². The van der Waals surface area contributed by atoms with Crippen LogP contribution >= 0.6 is 11.3 Å². The quantitative estimate of drug-likeness (QED) is 0.893. The summed E-state index contributed by atoms with van der Waals surface area (Å²) in [6.45, 7) is 3.15. The molecule has 0 amide bonds. The molecule has 3 nitrogen and oxygen atoms in total. The van der Waals surface area contributed by atoms with Crippen molar-refractivity contribution >= 4 is 27.4 Å². The second-order valence-corrected chi connectivity index (χ2v) is 5.52. The van der Waals surface area contributed by atoms with Crippen molar-refractivity contribution < 1.29 is 0 Å². The predicted molar refractivity (Wildman–Crippen MR) is 72.8 cm³/mol. The van der Waals surface area contributed by atoms with Crippen molar-refractivity contribution in [3.8, 4) is 0 Å². The fourth-order valence-electron chi connectivity index (χ4n) is 2.10. The van der Waals surface area contributed by atoms with E-state index in [1.165, 1.54) is 24.6 Å². The lowest BCUT2D eigenvalue weighted by atomic mass is 9.85. The van der Waals surface area contributed by atoms with Gasteiger partial charge in [-0.05, 0) is 30.7 Å². The van der Waals surface area contributed by atoms with Crippen molar-refractivity contribution in [2.75, 3.05) is 11.9 Å². The SMILES string of the molecule is CCCNc1nc(C2CCC2)nc2sccc12. The summed E-state index contributed by atoms with van der Waals surface area (Å²) in [7, 11) is 0. The van der Waals surface area contributed by atoms with Crippen molar-refractivity contribution in [3.05, 3.63) is 17.3 Å². The highest BCUT2D eigenvalue weighted by Gasteiger charge is 2.23. The van der Waals surface area contributed by atoms with Crippen LogP contribution in [0.25, 0.3) is 10.2 Å². The summed E-state index contributed by atoms with van der Waals surface area (Å²) in [5.74, 6) is 2.67. The van der Waals surface area contributed by atoms with Gasteiger partial charge in [0.2, 0.25) is 0 Å². The Kier molecular flexibility index (Phi) is 2.97. The minimum Gasteiger partial charge on any atom is -0.369 e. The van der Waals surface area contributed by atoms with Gasteiger partial charge in [0.1, 0.15) is 16.5 Å². The highest BCUT2D eigenvalue weighted by Crippen LogP contribution is 2.36. The first-order valence-electron chi connectivity index (χ1n) is 6.37. The fourth-order valence-corrected chi connectivity index (χ4v) is 2.87. The van der Waals surface area contributed by atoms with Gasteiger partial charge in [-0.1, -0.05) is 13.3 Å². The van der Waals surface area contributed by atoms with Gasteiger partial charge in [0.15, 0.2) is 0 Å². The molecule has 0 aliphatic heterocycles. The van der Waals surface area contributed by atoms with Crippen LogP contribution < -0.4 is 5.32 Å². The number of hydrogen-bond donors (Lipinski definition) is 1. The first kappa shape index (κ1) is 11.0. The Morgan fingerprint density at radius 3 is 3.00 bits per heavy atom. The second kappa shape index (κ2) is 4.61. The highest BCUT2D eigenvalue weighted by molar-refractivity contribution is 7.16. The van der Waals surface area contributed by atoms with Gasteiger partial charge in [0.05, 0.1) is 5.39 Å². The van der Waals surface area contributed by atoms with Gasteiger partial charge in [-0.15, -0.1) is 11.3 Å². The smallest absolute Gasteiger partial charge is 0.138 e. The topological polar surface area (TPSA) is 37.8 Å². The van der Waals surface area contributed by atoms with E-state index in [1.54, 1.807) is 11.3 Å². The maximum atomic E-state index is 4.72. The first-order chi connectivity index (χ1) is 8.38. The van der Waals surface area contributed by atoms with Crippen molar-refractivity contribution in [3.63, 3.8) is 0 Å². The number of nitrogens with zero attached hydrogens (tertiary/aromatic N) is 2.